The normalized spacial score (nSPS) is 11.5. The number of thiophene rings is 1. The van der Waals surface area contributed by atoms with Crippen LogP contribution in [0, 0.1) is 0 Å². The first kappa shape index (κ1) is 15.1. The number of para-hydroxylation sites is 2. The van der Waals surface area contributed by atoms with Crippen molar-refractivity contribution >= 4 is 46.1 Å². The molecule has 4 rings (SSSR count). The van der Waals surface area contributed by atoms with Crippen LogP contribution in [0.2, 0.25) is 5.02 Å². The molecule has 0 N–H and O–H groups in total. The van der Waals surface area contributed by atoms with E-state index in [0.29, 0.717) is 12.5 Å². The lowest BCUT2D eigenvalue weighted by atomic mass is 10.2. The second-order valence-electron chi connectivity index (χ2n) is 5.35. The number of aromatic nitrogens is 2. The first-order chi connectivity index (χ1) is 11.8. The largest absolute Gasteiger partial charge is 0.304 e. The molecule has 2 aromatic carbocycles. The molecular formula is C19H14ClN3S. The zero-order valence-electron chi connectivity index (χ0n) is 12.8. The van der Waals surface area contributed by atoms with E-state index in [0.717, 1.165) is 26.5 Å². The van der Waals surface area contributed by atoms with E-state index in [1.807, 2.05) is 66.2 Å². The summed E-state index contributed by atoms with van der Waals surface area (Å²) >= 11 is 7.99. The first-order valence-corrected chi connectivity index (χ1v) is 8.83. The summed E-state index contributed by atoms with van der Waals surface area (Å²) < 4.78 is 2.10. The molecule has 0 fully saturated rings. The van der Waals surface area contributed by atoms with Gasteiger partial charge < -0.3 is 4.57 Å². The number of hydrogen-bond acceptors (Lipinski definition) is 3. The van der Waals surface area contributed by atoms with Crippen molar-refractivity contribution < 1.29 is 0 Å². The monoisotopic (exact) mass is 351 g/mol. The summed E-state index contributed by atoms with van der Waals surface area (Å²) in [6, 6.07) is 20.0. The average molecular weight is 352 g/mol. The number of aliphatic imine (C=N–C) groups is 1. The molecule has 3 nitrogen and oxygen atoms in total. The van der Waals surface area contributed by atoms with Gasteiger partial charge in [0, 0.05) is 16.1 Å². The second kappa shape index (κ2) is 6.59. The number of imidazole rings is 1. The Labute approximate surface area is 148 Å². The van der Waals surface area contributed by atoms with Gasteiger partial charge in [-0.15, -0.1) is 11.3 Å². The highest BCUT2D eigenvalue weighted by Gasteiger charge is 2.11. The zero-order valence-corrected chi connectivity index (χ0v) is 14.3. The Balaban J connectivity index is 1.80. The predicted octanol–water partition coefficient (Wildman–Crippen LogP) is 5.55. The van der Waals surface area contributed by atoms with Crippen LogP contribution in [0.3, 0.4) is 0 Å². The fraction of sp³-hybridized carbons (Fsp3) is 0.0526. The number of halogens is 1. The Bertz CT molecular complexity index is 1000. The van der Waals surface area contributed by atoms with Crippen molar-refractivity contribution in [3.63, 3.8) is 0 Å². The Hall–Kier alpha value is -2.43. The van der Waals surface area contributed by atoms with E-state index < -0.39 is 0 Å². The van der Waals surface area contributed by atoms with Gasteiger partial charge in [0.15, 0.2) is 0 Å². The molecule has 4 aromatic rings. The molecule has 118 valence electrons. The average Bonchev–Trinajstić information content (AvgIpc) is 3.23. The van der Waals surface area contributed by atoms with Crippen LogP contribution in [0.25, 0.3) is 11.0 Å². The van der Waals surface area contributed by atoms with Gasteiger partial charge in [0.05, 0.1) is 17.6 Å². The smallest absolute Gasteiger partial charge is 0.230 e. The second-order valence-corrected chi connectivity index (χ2v) is 6.74. The van der Waals surface area contributed by atoms with E-state index in [4.69, 9.17) is 11.6 Å². The Morgan fingerprint density at radius 2 is 1.88 bits per heavy atom. The van der Waals surface area contributed by atoms with Crippen LogP contribution in [0.1, 0.15) is 10.4 Å². The molecule has 0 amide bonds. The van der Waals surface area contributed by atoms with Gasteiger partial charge >= 0.3 is 0 Å². The van der Waals surface area contributed by atoms with Crippen LogP contribution in [-0.2, 0) is 6.54 Å². The van der Waals surface area contributed by atoms with Crippen molar-refractivity contribution in [2.45, 2.75) is 6.54 Å². The lowest BCUT2D eigenvalue weighted by Crippen LogP contribution is -2.00. The van der Waals surface area contributed by atoms with Crippen LogP contribution >= 0.6 is 22.9 Å². The van der Waals surface area contributed by atoms with Gasteiger partial charge in [0.1, 0.15) is 0 Å². The van der Waals surface area contributed by atoms with E-state index in [-0.39, 0.29) is 0 Å². The molecule has 2 heterocycles. The lowest BCUT2D eigenvalue weighted by molar-refractivity contribution is 0.827. The van der Waals surface area contributed by atoms with Gasteiger partial charge in [-0.2, -0.15) is 0 Å². The van der Waals surface area contributed by atoms with Gasteiger partial charge in [0.25, 0.3) is 0 Å². The van der Waals surface area contributed by atoms with Gasteiger partial charge in [-0.3, -0.25) is 0 Å². The highest BCUT2D eigenvalue weighted by atomic mass is 35.5. The third-order valence-corrected chi connectivity index (χ3v) is 4.95. The quantitative estimate of drug-likeness (QED) is 0.443. The summed E-state index contributed by atoms with van der Waals surface area (Å²) in [5.74, 6) is 0.685. The van der Waals surface area contributed by atoms with Crippen LogP contribution in [0.4, 0.5) is 5.95 Å². The fourth-order valence-electron chi connectivity index (χ4n) is 2.60. The molecule has 5 heteroatoms. The van der Waals surface area contributed by atoms with Crippen molar-refractivity contribution in [1.82, 2.24) is 9.55 Å². The molecule has 0 spiro atoms. The first-order valence-electron chi connectivity index (χ1n) is 7.57. The highest BCUT2D eigenvalue weighted by Crippen LogP contribution is 2.25. The summed E-state index contributed by atoms with van der Waals surface area (Å²) in [6.07, 6.45) is 1.86. The topological polar surface area (TPSA) is 30.2 Å². The molecule has 0 saturated heterocycles. The maximum atomic E-state index is 6.33. The summed E-state index contributed by atoms with van der Waals surface area (Å²) in [4.78, 5) is 10.4. The van der Waals surface area contributed by atoms with Gasteiger partial charge in [0.2, 0.25) is 5.95 Å². The lowest BCUT2D eigenvalue weighted by Gasteiger charge is -2.08. The maximum absolute atomic E-state index is 6.33. The van der Waals surface area contributed by atoms with Crippen molar-refractivity contribution in [1.29, 1.82) is 0 Å². The fourth-order valence-corrected chi connectivity index (χ4v) is 3.38. The van der Waals surface area contributed by atoms with Gasteiger partial charge in [-0.1, -0.05) is 48.0 Å². The summed E-state index contributed by atoms with van der Waals surface area (Å²) in [5.41, 5.74) is 3.04. The summed E-state index contributed by atoms with van der Waals surface area (Å²) in [7, 11) is 0. The minimum atomic E-state index is 0.636. The van der Waals surface area contributed by atoms with Crippen LogP contribution < -0.4 is 0 Å². The molecule has 2 aromatic heterocycles. The number of fused-ring (bicyclic) bond motifs is 1. The van der Waals surface area contributed by atoms with Crippen LogP contribution in [0.15, 0.2) is 71.0 Å². The minimum absolute atomic E-state index is 0.636. The molecule has 0 radical (unpaired) electrons. The molecule has 0 aliphatic rings. The van der Waals surface area contributed by atoms with E-state index >= 15 is 0 Å². The summed E-state index contributed by atoms with van der Waals surface area (Å²) in [6.45, 7) is 0.636. The van der Waals surface area contributed by atoms with E-state index in [2.05, 4.69) is 20.6 Å². The van der Waals surface area contributed by atoms with Crippen molar-refractivity contribution in [2.24, 2.45) is 4.99 Å². The third-order valence-electron chi connectivity index (χ3n) is 3.77. The SMILES string of the molecule is Clc1ccccc1Cn1c(N=Cc2cccs2)nc2ccccc21. The number of hydrogen-bond donors (Lipinski definition) is 0. The third kappa shape index (κ3) is 2.98. The summed E-state index contributed by atoms with van der Waals surface area (Å²) in [5, 5.41) is 2.79. The number of rotatable bonds is 4. The molecule has 0 bridgehead atoms. The molecule has 0 saturated carbocycles. The van der Waals surface area contributed by atoms with Crippen LogP contribution in [0.5, 0.6) is 0 Å². The van der Waals surface area contributed by atoms with Gasteiger partial charge in [-0.05, 0) is 35.2 Å². The van der Waals surface area contributed by atoms with E-state index in [9.17, 15) is 0 Å². The van der Waals surface area contributed by atoms with Gasteiger partial charge in [-0.25, -0.2) is 9.98 Å². The number of benzene rings is 2. The minimum Gasteiger partial charge on any atom is -0.304 e. The Morgan fingerprint density at radius 3 is 2.71 bits per heavy atom. The zero-order chi connectivity index (χ0) is 16.4. The van der Waals surface area contributed by atoms with E-state index in [1.54, 1.807) is 11.3 Å². The maximum Gasteiger partial charge on any atom is 0.230 e. The van der Waals surface area contributed by atoms with Crippen LogP contribution in [-0.4, -0.2) is 15.8 Å². The molecule has 24 heavy (non-hydrogen) atoms. The molecule has 0 unspecified atom stereocenters. The molecular weight excluding hydrogens is 338 g/mol. The highest BCUT2D eigenvalue weighted by molar-refractivity contribution is 7.11. The molecule has 0 aliphatic heterocycles. The Kier molecular flexibility index (Phi) is 4.15. The van der Waals surface area contributed by atoms with Crippen molar-refractivity contribution in [3.8, 4) is 0 Å². The Morgan fingerprint density at radius 1 is 1.04 bits per heavy atom. The number of nitrogens with zero attached hydrogens (tertiary/aromatic N) is 3. The van der Waals surface area contributed by atoms with Crippen molar-refractivity contribution in [2.75, 3.05) is 0 Å². The standard InChI is InChI=1S/C19H14ClN3S/c20-16-8-2-1-6-14(16)13-23-18-10-4-3-9-17(18)22-19(23)21-12-15-7-5-11-24-15/h1-12H,13H2. The predicted molar refractivity (Wildman–Crippen MR) is 102 cm³/mol. The molecule has 0 aliphatic carbocycles. The van der Waals surface area contributed by atoms with Crippen molar-refractivity contribution in [3.05, 3.63) is 81.5 Å². The molecule has 0 atom stereocenters. The van der Waals surface area contributed by atoms with E-state index in [1.165, 1.54) is 0 Å².